The van der Waals surface area contributed by atoms with E-state index in [1.54, 1.807) is 4.68 Å². The Balaban J connectivity index is 1.99. The van der Waals surface area contributed by atoms with Crippen LogP contribution < -0.4 is 11.1 Å². The van der Waals surface area contributed by atoms with E-state index < -0.39 is 0 Å². The molecule has 102 valence electrons. The number of aryl methyl sites for hydroxylation is 1. The van der Waals surface area contributed by atoms with Crippen LogP contribution in [0.3, 0.4) is 0 Å². The molecule has 1 heterocycles. The first-order valence-electron chi connectivity index (χ1n) is 6.79. The molecule has 1 aromatic carbocycles. The number of hydrogen-bond acceptors (Lipinski definition) is 4. The third-order valence-corrected chi connectivity index (χ3v) is 3.63. The van der Waals surface area contributed by atoms with E-state index in [0.29, 0.717) is 23.1 Å². The number of nitrogens with one attached hydrogen (secondary N) is 1. The van der Waals surface area contributed by atoms with Crippen LogP contribution in [0.15, 0.2) is 24.3 Å². The summed E-state index contributed by atoms with van der Waals surface area (Å²) in [6, 6.07) is 10.0. The first-order chi connectivity index (χ1) is 9.70. The predicted octanol–water partition coefficient (Wildman–Crippen LogP) is 2.46. The second-order valence-corrected chi connectivity index (χ2v) is 5.24. The quantitative estimate of drug-likeness (QED) is 0.891. The SMILES string of the molecule is Cc1ccccc1-n1nc(NCC2CC2)c(C#N)c1N. The van der Waals surface area contributed by atoms with Crippen LogP contribution in [0.25, 0.3) is 5.69 Å². The van der Waals surface area contributed by atoms with Gasteiger partial charge in [0, 0.05) is 6.54 Å². The molecule has 0 atom stereocenters. The summed E-state index contributed by atoms with van der Waals surface area (Å²) in [5, 5.41) is 17.0. The van der Waals surface area contributed by atoms with Gasteiger partial charge in [-0.15, -0.1) is 5.10 Å². The lowest BCUT2D eigenvalue weighted by atomic mass is 10.2. The molecular weight excluding hydrogens is 250 g/mol. The van der Waals surface area contributed by atoms with Crippen molar-refractivity contribution in [3.05, 3.63) is 35.4 Å². The van der Waals surface area contributed by atoms with Gasteiger partial charge in [-0.2, -0.15) is 5.26 Å². The molecule has 3 rings (SSSR count). The Kier molecular flexibility index (Phi) is 3.07. The van der Waals surface area contributed by atoms with Crippen molar-refractivity contribution in [2.45, 2.75) is 19.8 Å². The van der Waals surface area contributed by atoms with Crippen LogP contribution in [0, 0.1) is 24.2 Å². The highest BCUT2D eigenvalue weighted by Crippen LogP contribution is 2.30. The van der Waals surface area contributed by atoms with E-state index in [2.05, 4.69) is 16.5 Å². The van der Waals surface area contributed by atoms with E-state index in [1.807, 2.05) is 31.2 Å². The van der Waals surface area contributed by atoms with E-state index in [0.717, 1.165) is 17.8 Å². The van der Waals surface area contributed by atoms with Gasteiger partial charge in [-0.25, -0.2) is 4.68 Å². The second-order valence-electron chi connectivity index (χ2n) is 5.24. The Morgan fingerprint density at radius 2 is 2.20 bits per heavy atom. The zero-order chi connectivity index (χ0) is 14.1. The molecule has 0 saturated heterocycles. The third kappa shape index (κ3) is 2.21. The van der Waals surface area contributed by atoms with Crippen molar-refractivity contribution in [1.82, 2.24) is 9.78 Å². The lowest BCUT2D eigenvalue weighted by molar-refractivity contribution is 0.851. The number of hydrogen-bond donors (Lipinski definition) is 2. The van der Waals surface area contributed by atoms with Gasteiger partial charge in [0.1, 0.15) is 17.5 Å². The van der Waals surface area contributed by atoms with E-state index >= 15 is 0 Å². The molecule has 2 aromatic rings. The van der Waals surface area contributed by atoms with E-state index in [4.69, 9.17) is 5.73 Å². The average molecular weight is 267 g/mol. The van der Waals surface area contributed by atoms with Gasteiger partial charge in [0.05, 0.1) is 5.69 Å². The normalized spacial score (nSPS) is 14.0. The molecule has 20 heavy (non-hydrogen) atoms. The van der Waals surface area contributed by atoms with Crippen molar-refractivity contribution in [3.63, 3.8) is 0 Å². The lowest BCUT2D eigenvalue weighted by Gasteiger charge is -2.06. The average Bonchev–Trinajstić information content (AvgIpc) is 3.22. The number of benzene rings is 1. The van der Waals surface area contributed by atoms with Crippen LogP contribution in [-0.2, 0) is 0 Å². The number of nitrogen functional groups attached to an aromatic ring is 1. The maximum absolute atomic E-state index is 9.29. The minimum absolute atomic E-state index is 0.389. The van der Waals surface area contributed by atoms with Crippen molar-refractivity contribution in [2.75, 3.05) is 17.6 Å². The summed E-state index contributed by atoms with van der Waals surface area (Å²) in [5.41, 5.74) is 8.47. The number of nitrogens with two attached hydrogens (primary N) is 1. The summed E-state index contributed by atoms with van der Waals surface area (Å²) in [4.78, 5) is 0. The molecule has 0 aliphatic heterocycles. The summed E-state index contributed by atoms with van der Waals surface area (Å²) in [5.74, 6) is 1.69. The van der Waals surface area contributed by atoms with Crippen molar-refractivity contribution in [1.29, 1.82) is 5.26 Å². The third-order valence-electron chi connectivity index (χ3n) is 3.63. The second kappa shape index (κ2) is 4.89. The monoisotopic (exact) mass is 267 g/mol. The number of para-hydroxylation sites is 1. The molecule has 0 spiro atoms. The molecular formula is C15H17N5. The lowest BCUT2D eigenvalue weighted by Crippen LogP contribution is -2.06. The van der Waals surface area contributed by atoms with Crippen LogP contribution in [0.2, 0.25) is 0 Å². The molecule has 5 heteroatoms. The molecule has 0 amide bonds. The van der Waals surface area contributed by atoms with Gasteiger partial charge in [0.15, 0.2) is 5.82 Å². The van der Waals surface area contributed by atoms with Crippen molar-refractivity contribution >= 4 is 11.6 Å². The van der Waals surface area contributed by atoms with Crippen molar-refractivity contribution < 1.29 is 0 Å². The number of nitrogens with zero attached hydrogens (tertiary/aromatic N) is 3. The predicted molar refractivity (Wildman–Crippen MR) is 78.6 cm³/mol. The van der Waals surface area contributed by atoms with Gasteiger partial charge in [0.2, 0.25) is 0 Å². The fourth-order valence-corrected chi connectivity index (χ4v) is 2.21. The summed E-state index contributed by atoms with van der Waals surface area (Å²) in [6.07, 6.45) is 2.51. The molecule has 1 aliphatic rings. The van der Waals surface area contributed by atoms with Gasteiger partial charge < -0.3 is 11.1 Å². The Morgan fingerprint density at radius 1 is 1.45 bits per heavy atom. The van der Waals surface area contributed by atoms with Crippen LogP contribution in [0.1, 0.15) is 24.0 Å². The number of nitriles is 1. The summed E-state index contributed by atoms with van der Waals surface area (Å²) in [7, 11) is 0. The number of anilines is 2. The molecule has 1 fully saturated rings. The molecule has 1 saturated carbocycles. The van der Waals surface area contributed by atoms with Gasteiger partial charge in [-0.1, -0.05) is 18.2 Å². The summed E-state index contributed by atoms with van der Waals surface area (Å²) >= 11 is 0. The van der Waals surface area contributed by atoms with E-state index in [9.17, 15) is 5.26 Å². The van der Waals surface area contributed by atoms with E-state index in [-0.39, 0.29) is 0 Å². The number of aromatic nitrogens is 2. The Morgan fingerprint density at radius 3 is 2.85 bits per heavy atom. The summed E-state index contributed by atoms with van der Waals surface area (Å²) < 4.78 is 1.64. The standard InChI is InChI=1S/C15H17N5/c1-10-4-2-3-5-13(10)20-14(17)12(8-16)15(19-20)18-9-11-6-7-11/h2-5,11H,6-7,9,17H2,1H3,(H,18,19). The fourth-order valence-electron chi connectivity index (χ4n) is 2.21. The maximum atomic E-state index is 9.29. The summed E-state index contributed by atoms with van der Waals surface area (Å²) in [6.45, 7) is 2.86. The van der Waals surface area contributed by atoms with Crippen LogP contribution in [0.5, 0.6) is 0 Å². The molecule has 0 bridgehead atoms. The highest BCUT2D eigenvalue weighted by Gasteiger charge is 2.23. The van der Waals surface area contributed by atoms with Crippen LogP contribution >= 0.6 is 0 Å². The van der Waals surface area contributed by atoms with Crippen molar-refractivity contribution in [2.24, 2.45) is 5.92 Å². The zero-order valence-corrected chi connectivity index (χ0v) is 11.4. The van der Waals surface area contributed by atoms with Crippen molar-refractivity contribution in [3.8, 4) is 11.8 Å². The van der Waals surface area contributed by atoms with Crippen LogP contribution in [-0.4, -0.2) is 16.3 Å². The first-order valence-corrected chi connectivity index (χ1v) is 6.79. The topological polar surface area (TPSA) is 79.7 Å². The molecule has 1 aliphatic carbocycles. The Labute approximate surface area is 118 Å². The highest BCUT2D eigenvalue weighted by molar-refractivity contribution is 5.66. The molecule has 0 radical (unpaired) electrons. The largest absolute Gasteiger partial charge is 0.382 e. The minimum Gasteiger partial charge on any atom is -0.382 e. The maximum Gasteiger partial charge on any atom is 0.168 e. The zero-order valence-electron chi connectivity index (χ0n) is 11.4. The molecule has 1 aromatic heterocycles. The minimum atomic E-state index is 0.389. The van der Waals surface area contributed by atoms with Gasteiger partial charge in [0.25, 0.3) is 0 Å². The molecule has 0 unspecified atom stereocenters. The molecule has 3 N–H and O–H groups in total. The van der Waals surface area contributed by atoms with Gasteiger partial charge in [-0.3, -0.25) is 0 Å². The van der Waals surface area contributed by atoms with Gasteiger partial charge in [-0.05, 0) is 37.3 Å². The number of rotatable bonds is 4. The van der Waals surface area contributed by atoms with Gasteiger partial charge >= 0.3 is 0 Å². The van der Waals surface area contributed by atoms with Crippen LogP contribution in [0.4, 0.5) is 11.6 Å². The smallest absolute Gasteiger partial charge is 0.168 e. The first kappa shape index (κ1) is 12.5. The fraction of sp³-hybridized carbons (Fsp3) is 0.333. The highest BCUT2D eigenvalue weighted by atomic mass is 15.3. The molecule has 5 nitrogen and oxygen atoms in total. The Bertz CT molecular complexity index is 676. The van der Waals surface area contributed by atoms with E-state index in [1.165, 1.54) is 12.8 Å². The Hall–Kier alpha value is -2.48.